The Balaban J connectivity index is 2.46. The topological polar surface area (TPSA) is 81.3 Å². The molecule has 2 aromatic rings. The summed E-state index contributed by atoms with van der Waals surface area (Å²) >= 11 is 0. The van der Waals surface area contributed by atoms with Crippen molar-refractivity contribution in [2.45, 2.75) is 26.4 Å². The number of ether oxygens (including phenoxy) is 2. The highest BCUT2D eigenvalue weighted by molar-refractivity contribution is 5.94. The number of methoxy groups -OCH3 is 1. The van der Waals surface area contributed by atoms with Gasteiger partial charge in [0.25, 0.3) is 0 Å². The zero-order chi connectivity index (χ0) is 17.9. The molecule has 2 rings (SSSR count). The molecule has 124 valence electrons. The van der Waals surface area contributed by atoms with Gasteiger partial charge in [-0.2, -0.15) is 5.26 Å². The summed E-state index contributed by atoms with van der Waals surface area (Å²) in [6.45, 7) is 5.23. The average molecular weight is 326 g/mol. The van der Waals surface area contributed by atoms with Gasteiger partial charge in [0.05, 0.1) is 18.7 Å². The molecule has 0 aliphatic heterocycles. The Kier molecular flexibility index (Phi) is 4.74. The van der Waals surface area contributed by atoms with Crippen molar-refractivity contribution in [2.75, 3.05) is 7.11 Å². The van der Waals surface area contributed by atoms with Crippen LogP contribution in [0.2, 0.25) is 0 Å². The molecule has 6 nitrogen and oxygen atoms in total. The molecule has 0 saturated heterocycles. The van der Waals surface area contributed by atoms with E-state index < -0.39 is 17.7 Å². The number of aromatic nitrogens is 1. The number of carbonyl (C=O) groups is 2. The molecule has 0 fully saturated rings. The normalized spacial score (nSPS) is 10.8. The van der Waals surface area contributed by atoms with Gasteiger partial charge in [-0.05, 0) is 44.5 Å². The van der Waals surface area contributed by atoms with Crippen molar-refractivity contribution in [3.63, 3.8) is 0 Å². The highest BCUT2D eigenvalue weighted by atomic mass is 16.6. The Hall–Kier alpha value is -3.07. The summed E-state index contributed by atoms with van der Waals surface area (Å²) in [4.78, 5) is 24.3. The number of nitrogens with zero attached hydrogens (tertiary/aromatic N) is 2. The zero-order valence-electron chi connectivity index (χ0n) is 14.0. The van der Waals surface area contributed by atoms with Gasteiger partial charge in [0.15, 0.2) is 0 Å². The van der Waals surface area contributed by atoms with Crippen molar-refractivity contribution in [1.29, 1.82) is 5.26 Å². The minimum absolute atomic E-state index is 0.0751. The molecule has 0 bridgehead atoms. The van der Waals surface area contributed by atoms with Crippen molar-refractivity contribution < 1.29 is 19.1 Å². The van der Waals surface area contributed by atoms with Gasteiger partial charge >= 0.3 is 12.1 Å². The quantitative estimate of drug-likeness (QED) is 0.788. The Labute approximate surface area is 140 Å². The molecule has 0 unspecified atom stereocenters. The zero-order valence-corrected chi connectivity index (χ0v) is 14.0. The Morgan fingerprint density at radius 3 is 2.25 bits per heavy atom. The van der Waals surface area contributed by atoms with Gasteiger partial charge in [-0.1, -0.05) is 12.1 Å². The summed E-state index contributed by atoms with van der Waals surface area (Å²) in [5.74, 6) is -0.638. The molecule has 0 aliphatic rings. The van der Waals surface area contributed by atoms with Crippen LogP contribution < -0.4 is 0 Å². The molecule has 0 radical (unpaired) electrons. The molecule has 0 aliphatic carbocycles. The van der Waals surface area contributed by atoms with Crippen molar-refractivity contribution in [2.24, 2.45) is 0 Å². The molecule has 24 heavy (non-hydrogen) atoms. The minimum atomic E-state index is -0.691. The number of esters is 1. The van der Waals surface area contributed by atoms with E-state index in [1.165, 1.54) is 13.3 Å². The van der Waals surface area contributed by atoms with Gasteiger partial charge in [0.2, 0.25) is 0 Å². The SMILES string of the molecule is COC(=O)c1cc(-c2ccc(C#N)cc2)cn1C(=O)OC(C)(C)C. The fourth-order valence-electron chi connectivity index (χ4n) is 2.08. The number of hydrogen-bond acceptors (Lipinski definition) is 5. The summed E-state index contributed by atoms with van der Waals surface area (Å²) in [5, 5.41) is 8.86. The van der Waals surface area contributed by atoms with Crippen LogP contribution in [0.5, 0.6) is 0 Å². The van der Waals surface area contributed by atoms with E-state index in [2.05, 4.69) is 0 Å². The van der Waals surface area contributed by atoms with Gasteiger partial charge in [0.1, 0.15) is 11.3 Å². The molecule has 1 heterocycles. The second-order valence-electron chi connectivity index (χ2n) is 6.15. The van der Waals surface area contributed by atoms with Crippen LogP contribution in [0.25, 0.3) is 11.1 Å². The first-order chi connectivity index (χ1) is 11.2. The lowest BCUT2D eigenvalue weighted by Gasteiger charge is -2.20. The van der Waals surface area contributed by atoms with Crippen LogP contribution in [0.4, 0.5) is 4.79 Å². The third kappa shape index (κ3) is 3.82. The monoisotopic (exact) mass is 326 g/mol. The first-order valence-electron chi connectivity index (χ1n) is 7.30. The number of nitriles is 1. The van der Waals surface area contributed by atoms with Gasteiger partial charge in [-0.25, -0.2) is 14.2 Å². The maximum absolute atomic E-state index is 12.3. The molecule has 1 aromatic carbocycles. The second-order valence-corrected chi connectivity index (χ2v) is 6.15. The van der Waals surface area contributed by atoms with Crippen LogP contribution in [0.15, 0.2) is 36.5 Å². The predicted molar refractivity (Wildman–Crippen MR) is 87.6 cm³/mol. The van der Waals surface area contributed by atoms with Crippen LogP contribution in [-0.4, -0.2) is 29.3 Å². The van der Waals surface area contributed by atoms with Crippen LogP contribution in [-0.2, 0) is 9.47 Å². The summed E-state index contributed by atoms with van der Waals surface area (Å²) in [5.41, 5.74) is 1.32. The minimum Gasteiger partial charge on any atom is -0.464 e. The standard InChI is InChI=1S/C18H18N2O4/c1-18(2,3)24-17(22)20-11-14(9-15(20)16(21)23-4)13-7-5-12(10-19)6-8-13/h5-9,11H,1-4H3. The molecular weight excluding hydrogens is 308 g/mol. The lowest BCUT2D eigenvalue weighted by molar-refractivity contribution is 0.0483. The van der Waals surface area contributed by atoms with Crippen molar-refractivity contribution in [1.82, 2.24) is 4.57 Å². The highest BCUT2D eigenvalue weighted by Crippen LogP contribution is 2.24. The van der Waals surface area contributed by atoms with Gasteiger partial charge in [-0.3, -0.25) is 0 Å². The lowest BCUT2D eigenvalue weighted by atomic mass is 10.1. The molecule has 0 saturated carbocycles. The molecule has 1 aromatic heterocycles. The molecule has 0 amide bonds. The summed E-state index contributed by atoms with van der Waals surface area (Å²) < 4.78 is 11.2. The molecule has 0 spiro atoms. The number of hydrogen-bond donors (Lipinski definition) is 0. The van der Waals surface area contributed by atoms with E-state index in [1.54, 1.807) is 51.1 Å². The Morgan fingerprint density at radius 2 is 1.75 bits per heavy atom. The first kappa shape index (κ1) is 17.3. The van der Waals surface area contributed by atoms with Crippen LogP contribution in [0, 0.1) is 11.3 Å². The molecule has 0 N–H and O–H groups in total. The molecular formula is C18H18N2O4. The number of rotatable bonds is 2. The summed E-state index contributed by atoms with van der Waals surface area (Å²) in [6, 6.07) is 10.4. The van der Waals surface area contributed by atoms with E-state index in [4.69, 9.17) is 14.7 Å². The summed E-state index contributed by atoms with van der Waals surface area (Å²) in [7, 11) is 1.25. The predicted octanol–water partition coefficient (Wildman–Crippen LogP) is 3.60. The van der Waals surface area contributed by atoms with Gasteiger partial charge in [0, 0.05) is 11.8 Å². The van der Waals surface area contributed by atoms with Crippen molar-refractivity contribution in [3.8, 4) is 17.2 Å². The van der Waals surface area contributed by atoms with Crippen LogP contribution in [0.1, 0.15) is 36.8 Å². The maximum atomic E-state index is 12.3. The largest absolute Gasteiger partial charge is 0.464 e. The van der Waals surface area contributed by atoms with E-state index in [-0.39, 0.29) is 5.69 Å². The molecule has 0 atom stereocenters. The summed E-state index contributed by atoms with van der Waals surface area (Å²) in [6.07, 6.45) is 0.852. The smallest absolute Gasteiger partial charge is 0.419 e. The van der Waals surface area contributed by atoms with E-state index in [9.17, 15) is 9.59 Å². The van der Waals surface area contributed by atoms with Crippen molar-refractivity contribution in [3.05, 3.63) is 47.8 Å². The third-order valence-corrected chi connectivity index (χ3v) is 3.15. The second kappa shape index (κ2) is 6.59. The number of benzene rings is 1. The average Bonchev–Trinajstić information content (AvgIpc) is 2.98. The van der Waals surface area contributed by atoms with Crippen LogP contribution in [0.3, 0.4) is 0 Å². The fraction of sp³-hybridized carbons (Fsp3) is 0.278. The molecule has 6 heteroatoms. The van der Waals surface area contributed by atoms with E-state index >= 15 is 0 Å². The maximum Gasteiger partial charge on any atom is 0.419 e. The fourth-order valence-corrected chi connectivity index (χ4v) is 2.08. The highest BCUT2D eigenvalue weighted by Gasteiger charge is 2.24. The first-order valence-corrected chi connectivity index (χ1v) is 7.30. The van der Waals surface area contributed by atoms with E-state index in [0.29, 0.717) is 11.1 Å². The Bertz CT molecular complexity index is 805. The van der Waals surface area contributed by atoms with Gasteiger partial charge in [-0.15, -0.1) is 0 Å². The van der Waals surface area contributed by atoms with Crippen LogP contribution >= 0.6 is 0 Å². The van der Waals surface area contributed by atoms with E-state index in [1.807, 2.05) is 6.07 Å². The number of carbonyl (C=O) groups excluding carboxylic acids is 2. The third-order valence-electron chi connectivity index (χ3n) is 3.15. The Morgan fingerprint density at radius 1 is 1.12 bits per heavy atom. The lowest BCUT2D eigenvalue weighted by Crippen LogP contribution is -2.28. The van der Waals surface area contributed by atoms with Gasteiger partial charge < -0.3 is 9.47 Å². The van der Waals surface area contributed by atoms with Crippen molar-refractivity contribution >= 4 is 12.1 Å². The van der Waals surface area contributed by atoms with E-state index in [0.717, 1.165) is 10.1 Å².